The van der Waals surface area contributed by atoms with Crippen LogP contribution in [0.5, 0.6) is 0 Å². The van der Waals surface area contributed by atoms with Crippen molar-refractivity contribution in [2.75, 3.05) is 7.05 Å². The fourth-order valence-corrected chi connectivity index (χ4v) is 1.88. The number of aromatic nitrogens is 1. The third-order valence-electron chi connectivity index (χ3n) is 2.72. The molecule has 4 nitrogen and oxygen atoms in total. The van der Waals surface area contributed by atoms with Gasteiger partial charge in [-0.25, -0.2) is 4.39 Å². The first-order valence-corrected chi connectivity index (χ1v) is 5.88. The molecule has 0 bridgehead atoms. The van der Waals surface area contributed by atoms with Gasteiger partial charge in [0, 0.05) is 24.7 Å². The Hall–Kier alpha value is -2.19. The second-order valence-corrected chi connectivity index (χ2v) is 4.52. The molecule has 2 rings (SSSR count). The van der Waals surface area contributed by atoms with Crippen LogP contribution in [-0.4, -0.2) is 17.1 Å². The summed E-state index contributed by atoms with van der Waals surface area (Å²) < 4.78 is 18.6. The van der Waals surface area contributed by atoms with Crippen LogP contribution in [0, 0.1) is 24.1 Å². The molecule has 1 heterocycles. The molecule has 0 N–H and O–H groups in total. The first-order valence-electron chi connectivity index (χ1n) is 5.88. The van der Waals surface area contributed by atoms with Gasteiger partial charge in [0.1, 0.15) is 11.6 Å². The smallest absolute Gasteiger partial charge is 0.133 e. The lowest BCUT2D eigenvalue weighted by Crippen LogP contribution is -2.18. The summed E-state index contributed by atoms with van der Waals surface area (Å²) in [4.78, 5) is 1.91. The van der Waals surface area contributed by atoms with E-state index in [1.807, 2.05) is 31.0 Å². The maximum Gasteiger partial charge on any atom is 0.133 e. The van der Waals surface area contributed by atoms with Gasteiger partial charge in [0.2, 0.25) is 0 Å². The van der Waals surface area contributed by atoms with Crippen LogP contribution in [0.4, 0.5) is 4.39 Å². The van der Waals surface area contributed by atoms with Crippen molar-refractivity contribution in [3.63, 3.8) is 0 Å². The molecule has 19 heavy (non-hydrogen) atoms. The van der Waals surface area contributed by atoms with E-state index >= 15 is 0 Å². The van der Waals surface area contributed by atoms with Crippen molar-refractivity contribution in [3.05, 3.63) is 52.7 Å². The molecule has 1 aromatic heterocycles. The molecule has 0 saturated carbocycles. The number of nitriles is 1. The Kier molecular flexibility index (Phi) is 3.93. The van der Waals surface area contributed by atoms with Crippen LogP contribution in [0.2, 0.25) is 0 Å². The van der Waals surface area contributed by atoms with Crippen molar-refractivity contribution in [2.45, 2.75) is 20.0 Å². The molecule has 0 atom stereocenters. The van der Waals surface area contributed by atoms with Crippen molar-refractivity contribution >= 4 is 0 Å². The minimum absolute atomic E-state index is 0.304. The van der Waals surface area contributed by atoms with Gasteiger partial charge in [0.25, 0.3) is 0 Å². The van der Waals surface area contributed by atoms with E-state index in [1.54, 1.807) is 6.07 Å². The van der Waals surface area contributed by atoms with E-state index < -0.39 is 0 Å². The Balaban J connectivity index is 2.06. The summed E-state index contributed by atoms with van der Waals surface area (Å²) in [7, 11) is 1.86. The molecule has 5 heteroatoms. The van der Waals surface area contributed by atoms with E-state index in [2.05, 4.69) is 5.16 Å². The first-order chi connectivity index (χ1) is 9.08. The molecule has 0 amide bonds. The predicted molar refractivity (Wildman–Crippen MR) is 67.5 cm³/mol. The van der Waals surface area contributed by atoms with Crippen LogP contribution in [0.15, 0.2) is 28.8 Å². The van der Waals surface area contributed by atoms with Crippen molar-refractivity contribution in [3.8, 4) is 6.07 Å². The number of benzene rings is 1. The summed E-state index contributed by atoms with van der Waals surface area (Å²) in [5.41, 5.74) is 1.76. The van der Waals surface area contributed by atoms with Gasteiger partial charge in [-0.3, -0.25) is 4.90 Å². The summed E-state index contributed by atoms with van der Waals surface area (Å²) in [5.74, 6) is 0.447. The number of hydrogen-bond acceptors (Lipinski definition) is 4. The monoisotopic (exact) mass is 259 g/mol. The van der Waals surface area contributed by atoms with Crippen molar-refractivity contribution in [1.29, 1.82) is 5.26 Å². The Bertz CT molecular complexity index is 615. The number of halogens is 1. The highest BCUT2D eigenvalue weighted by Crippen LogP contribution is 2.14. The van der Waals surface area contributed by atoms with E-state index in [9.17, 15) is 4.39 Å². The standard InChI is InChI=1S/C14H14FN3O/c1-10-5-13(17-19-10)9-18(2)8-12-6-11(7-16)3-4-14(12)15/h3-6H,8-9H2,1-2H3. The molecule has 1 aromatic carbocycles. The largest absolute Gasteiger partial charge is 0.361 e. The van der Waals surface area contributed by atoms with Gasteiger partial charge < -0.3 is 4.52 Å². The number of rotatable bonds is 4. The molecule has 0 aliphatic heterocycles. The molecular weight excluding hydrogens is 245 g/mol. The zero-order chi connectivity index (χ0) is 13.8. The fourth-order valence-electron chi connectivity index (χ4n) is 1.88. The average Bonchev–Trinajstić information content (AvgIpc) is 2.77. The number of nitrogens with zero attached hydrogens (tertiary/aromatic N) is 3. The van der Waals surface area contributed by atoms with Crippen LogP contribution in [0.1, 0.15) is 22.6 Å². The van der Waals surface area contributed by atoms with Gasteiger partial charge in [0.15, 0.2) is 0 Å². The Labute approximate surface area is 111 Å². The van der Waals surface area contributed by atoms with Crippen LogP contribution < -0.4 is 0 Å². The van der Waals surface area contributed by atoms with Gasteiger partial charge in [-0.1, -0.05) is 5.16 Å². The van der Waals surface area contributed by atoms with Crippen LogP contribution >= 0.6 is 0 Å². The summed E-state index contributed by atoms with van der Waals surface area (Å²) in [6, 6.07) is 8.22. The fraction of sp³-hybridized carbons (Fsp3) is 0.286. The van der Waals surface area contributed by atoms with E-state index in [1.165, 1.54) is 12.1 Å². The van der Waals surface area contributed by atoms with Gasteiger partial charge in [-0.15, -0.1) is 0 Å². The summed E-state index contributed by atoms with van der Waals surface area (Å²) in [5, 5.41) is 12.7. The van der Waals surface area contributed by atoms with Crippen molar-refractivity contribution < 1.29 is 8.91 Å². The summed E-state index contributed by atoms with van der Waals surface area (Å²) in [6.07, 6.45) is 0. The van der Waals surface area contributed by atoms with E-state index in [-0.39, 0.29) is 5.82 Å². The molecule has 0 unspecified atom stereocenters. The molecule has 2 aromatic rings. The summed E-state index contributed by atoms with van der Waals surface area (Å²) in [6.45, 7) is 2.80. The minimum Gasteiger partial charge on any atom is -0.361 e. The van der Waals surface area contributed by atoms with Crippen LogP contribution in [0.3, 0.4) is 0 Å². The first kappa shape index (κ1) is 13.2. The van der Waals surface area contributed by atoms with Crippen molar-refractivity contribution in [2.24, 2.45) is 0 Å². The van der Waals surface area contributed by atoms with E-state index in [4.69, 9.17) is 9.78 Å². The molecule has 0 saturated heterocycles. The molecular formula is C14H14FN3O. The van der Waals surface area contributed by atoms with E-state index in [0.29, 0.717) is 24.2 Å². The maximum absolute atomic E-state index is 13.6. The molecule has 0 fully saturated rings. The average molecular weight is 259 g/mol. The van der Waals surface area contributed by atoms with Crippen LogP contribution in [-0.2, 0) is 13.1 Å². The van der Waals surface area contributed by atoms with Crippen LogP contribution in [0.25, 0.3) is 0 Å². The lowest BCUT2D eigenvalue weighted by Gasteiger charge is -2.15. The third-order valence-corrected chi connectivity index (χ3v) is 2.72. The van der Waals surface area contributed by atoms with Gasteiger partial charge >= 0.3 is 0 Å². The maximum atomic E-state index is 13.6. The Morgan fingerprint density at radius 3 is 2.79 bits per heavy atom. The lowest BCUT2D eigenvalue weighted by atomic mass is 10.1. The normalized spacial score (nSPS) is 10.7. The number of hydrogen-bond donors (Lipinski definition) is 0. The summed E-state index contributed by atoms with van der Waals surface area (Å²) >= 11 is 0. The quantitative estimate of drug-likeness (QED) is 0.847. The third kappa shape index (κ3) is 3.39. The highest BCUT2D eigenvalue weighted by atomic mass is 19.1. The molecule has 0 radical (unpaired) electrons. The zero-order valence-corrected chi connectivity index (χ0v) is 10.9. The second kappa shape index (κ2) is 5.63. The number of aryl methyl sites for hydroxylation is 1. The van der Waals surface area contributed by atoms with E-state index in [0.717, 1.165) is 11.5 Å². The Morgan fingerprint density at radius 1 is 1.37 bits per heavy atom. The highest BCUT2D eigenvalue weighted by molar-refractivity contribution is 5.33. The van der Waals surface area contributed by atoms with Gasteiger partial charge in [-0.05, 0) is 32.2 Å². The molecule has 98 valence electrons. The molecule has 0 spiro atoms. The highest BCUT2D eigenvalue weighted by Gasteiger charge is 2.09. The van der Waals surface area contributed by atoms with Gasteiger partial charge in [0.05, 0.1) is 17.3 Å². The minimum atomic E-state index is -0.304. The molecule has 0 aliphatic rings. The van der Waals surface area contributed by atoms with Crippen molar-refractivity contribution in [1.82, 2.24) is 10.1 Å². The van der Waals surface area contributed by atoms with Gasteiger partial charge in [-0.2, -0.15) is 5.26 Å². The topological polar surface area (TPSA) is 53.1 Å². The zero-order valence-electron chi connectivity index (χ0n) is 10.9. The lowest BCUT2D eigenvalue weighted by molar-refractivity contribution is 0.298. The predicted octanol–water partition coefficient (Wildman–Crippen LogP) is 2.63. The molecule has 0 aliphatic carbocycles. The Morgan fingerprint density at radius 2 is 2.16 bits per heavy atom. The second-order valence-electron chi connectivity index (χ2n) is 4.52. The SMILES string of the molecule is Cc1cc(CN(C)Cc2cc(C#N)ccc2F)no1.